The molecule has 0 aromatic heterocycles. The molecule has 5 N–H and O–H groups in total. The van der Waals surface area contributed by atoms with Crippen LogP contribution in [0.25, 0.3) is 0 Å². The van der Waals surface area contributed by atoms with Gasteiger partial charge in [0, 0.05) is 11.4 Å². The molecule has 0 radical (unpaired) electrons. The number of benzene rings is 3. The zero-order chi connectivity index (χ0) is 23.8. The number of hydrogen-bond donors (Lipinski definition) is 4. The zero-order valence-corrected chi connectivity index (χ0v) is 18.6. The number of hydrogen-bond acceptors (Lipinski definition) is 5. The van der Waals surface area contributed by atoms with Crippen molar-refractivity contribution < 1.29 is 22.7 Å². The molecular formula is C23H24N4O5S. The van der Waals surface area contributed by atoms with Crippen LogP contribution in [-0.4, -0.2) is 26.6 Å². The van der Waals surface area contributed by atoms with Gasteiger partial charge in [0.15, 0.2) is 0 Å². The summed E-state index contributed by atoms with van der Waals surface area (Å²) in [5.41, 5.74) is 6.81. The number of amides is 3. The Hall–Kier alpha value is -4.05. The molecule has 0 spiro atoms. The first-order chi connectivity index (χ1) is 15.7. The van der Waals surface area contributed by atoms with Crippen molar-refractivity contribution >= 4 is 33.3 Å². The van der Waals surface area contributed by atoms with Crippen molar-refractivity contribution in [1.82, 2.24) is 5.32 Å². The van der Waals surface area contributed by atoms with Gasteiger partial charge in [-0.05, 0) is 54.1 Å². The molecule has 33 heavy (non-hydrogen) atoms. The summed E-state index contributed by atoms with van der Waals surface area (Å²) < 4.78 is 30.8. The number of nitrogens with one attached hydrogen (secondary N) is 3. The molecule has 3 rings (SSSR count). The Labute approximate surface area is 192 Å². The second-order valence-corrected chi connectivity index (χ2v) is 9.00. The lowest BCUT2D eigenvalue weighted by molar-refractivity contribution is -0.116. The number of sulfonamides is 1. The van der Waals surface area contributed by atoms with E-state index < -0.39 is 22.1 Å². The third kappa shape index (κ3) is 7.86. The second-order valence-electron chi connectivity index (χ2n) is 7.25. The molecule has 0 aliphatic carbocycles. The minimum atomic E-state index is -3.39. The monoisotopic (exact) mass is 468 g/mol. The van der Waals surface area contributed by atoms with Crippen molar-refractivity contribution in [1.29, 1.82) is 0 Å². The van der Waals surface area contributed by atoms with Gasteiger partial charge >= 0.3 is 6.03 Å². The summed E-state index contributed by atoms with van der Waals surface area (Å²) >= 11 is 0. The molecule has 3 amide bonds. The van der Waals surface area contributed by atoms with E-state index in [0.29, 0.717) is 28.4 Å². The number of anilines is 2. The summed E-state index contributed by atoms with van der Waals surface area (Å²) in [4.78, 5) is 24.2. The summed E-state index contributed by atoms with van der Waals surface area (Å²) in [6, 6.07) is 21.0. The number of carbonyl (C=O) groups excluding carboxylic acids is 2. The zero-order valence-electron chi connectivity index (χ0n) is 17.8. The summed E-state index contributed by atoms with van der Waals surface area (Å²) in [5, 5.41) is 5.30. The maximum atomic E-state index is 12.6. The average molecular weight is 469 g/mol. The Bertz CT molecular complexity index is 1220. The van der Waals surface area contributed by atoms with Crippen molar-refractivity contribution in [2.45, 2.75) is 12.5 Å². The fourth-order valence-electron chi connectivity index (χ4n) is 3.08. The molecule has 172 valence electrons. The predicted molar refractivity (Wildman–Crippen MR) is 127 cm³/mol. The maximum absolute atomic E-state index is 12.6. The first-order valence-corrected chi connectivity index (χ1v) is 11.8. The van der Waals surface area contributed by atoms with E-state index in [1.165, 1.54) is 12.1 Å². The largest absolute Gasteiger partial charge is 0.457 e. The lowest BCUT2D eigenvalue weighted by Crippen LogP contribution is -2.35. The van der Waals surface area contributed by atoms with E-state index in [-0.39, 0.29) is 12.3 Å². The van der Waals surface area contributed by atoms with Gasteiger partial charge in [-0.15, -0.1) is 0 Å². The molecule has 3 aromatic carbocycles. The van der Waals surface area contributed by atoms with Crippen LogP contribution in [0.2, 0.25) is 0 Å². The van der Waals surface area contributed by atoms with Crippen molar-refractivity contribution in [3.05, 3.63) is 84.4 Å². The number of nitrogens with two attached hydrogens (primary N) is 1. The number of para-hydroxylation sites is 1. The quantitative estimate of drug-likeness (QED) is 0.380. The Balaban J connectivity index is 1.69. The predicted octanol–water partition coefficient (Wildman–Crippen LogP) is 3.59. The van der Waals surface area contributed by atoms with Crippen LogP contribution >= 0.6 is 0 Å². The molecule has 3 aromatic rings. The molecule has 0 bridgehead atoms. The highest BCUT2D eigenvalue weighted by Crippen LogP contribution is 2.26. The fourth-order valence-corrected chi connectivity index (χ4v) is 3.64. The molecule has 10 heteroatoms. The first kappa shape index (κ1) is 23.6. The molecule has 1 atom stereocenters. The molecule has 9 nitrogen and oxygen atoms in total. The number of primary amides is 1. The highest BCUT2D eigenvalue weighted by Gasteiger charge is 2.18. The van der Waals surface area contributed by atoms with Crippen molar-refractivity contribution in [2.24, 2.45) is 5.73 Å². The molecule has 0 heterocycles. The van der Waals surface area contributed by atoms with Gasteiger partial charge in [0.2, 0.25) is 15.9 Å². The van der Waals surface area contributed by atoms with E-state index in [4.69, 9.17) is 10.5 Å². The van der Waals surface area contributed by atoms with E-state index in [1.54, 1.807) is 36.4 Å². The molecule has 0 saturated carbocycles. The SMILES string of the molecule is CS(=O)(=O)Nc1ccc(NC(=O)CC(NC(N)=O)c2cccc(Oc3ccccc3)c2)cc1. The van der Waals surface area contributed by atoms with Crippen LogP contribution in [0.1, 0.15) is 18.0 Å². The topological polar surface area (TPSA) is 140 Å². The Morgan fingerprint density at radius 2 is 1.55 bits per heavy atom. The summed E-state index contributed by atoms with van der Waals surface area (Å²) in [6.07, 6.45) is 0.968. The van der Waals surface area contributed by atoms with E-state index in [0.717, 1.165) is 6.26 Å². The second kappa shape index (κ2) is 10.5. The molecule has 0 saturated heterocycles. The van der Waals surface area contributed by atoms with Gasteiger partial charge in [0.1, 0.15) is 11.5 Å². The average Bonchev–Trinajstić information content (AvgIpc) is 2.74. The van der Waals surface area contributed by atoms with E-state index in [2.05, 4.69) is 15.4 Å². The molecule has 0 aliphatic rings. The lowest BCUT2D eigenvalue weighted by atomic mass is 10.0. The molecule has 0 fully saturated rings. The van der Waals surface area contributed by atoms with Gasteiger partial charge in [-0.25, -0.2) is 13.2 Å². The van der Waals surface area contributed by atoms with Crippen molar-refractivity contribution in [2.75, 3.05) is 16.3 Å². The van der Waals surface area contributed by atoms with Crippen LogP contribution in [0, 0.1) is 0 Å². The molecule has 1 unspecified atom stereocenters. The molecular weight excluding hydrogens is 444 g/mol. The third-order valence-electron chi connectivity index (χ3n) is 4.42. The van der Waals surface area contributed by atoms with Crippen LogP contribution in [0.5, 0.6) is 11.5 Å². The van der Waals surface area contributed by atoms with Gasteiger partial charge in [-0.1, -0.05) is 30.3 Å². The number of carbonyl (C=O) groups is 2. The standard InChI is InChI=1S/C23H24N4O5S/c1-33(30,31)27-18-12-10-17(11-13-18)25-22(28)15-21(26-23(24)29)16-6-5-9-20(14-16)32-19-7-3-2-4-8-19/h2-14,21,27H,15H2,1H3,(H,25,28)(H3,24,26,29). The Morgan fingerprint density at radius 3 is 2.18 bits per heavy atom. The van der Waals surface area contributed by atoms with E-state index >= 15 is 0 Å². The number of urea groups is 1. The normalized spacial score (nSPS) is 11.8. The number of ether oxygens (including phenoxy) is 1. The summed E-state index contributed by atoms with van der Waals surface area (Å²) in [5.74, 6) is 0.830. The molecule has 0 aliphatic heterocycles. The Kier molecular flexibility index (Phi) is 7.52. The van der Waals surface area contributed by atoms with Crippen LogP contribution in [0.3, 0.4) is 0 Å². The van der Waals surface area contributed by atoms with Crippen LogP contribution in [0.15, 0.2) is 78.9 Å². The van der Waals surface area contributed by atoms with E-state index in [1.807, 2.05) is 30.3 Å². The van der Waals surface area contributed by atoms with Gasteiger partial charge in [0.05, 0.1) is 18.7 Å². The van der Waals surface area contributed by atoms with Crippen LogP contribution < -0.4 is 25.8 Å². The summed E-state index contributed by atoms with van der Waals surface area (Å²) in [6.45, 7) is 0. The minimum Gasteiger partial charge on any atom is -0.457 e. The maximum Gasteiger partial charge on any atom is 0.312 e. The van der Waals surface area contributed by atoms with Gasteiger partial charge in [-0.3, -0.25) is 9.52 Å². The third-order valence-corrected chi connectivity index (χ3v) is 5.02. The lowest BCUT2D eigenvalue weighted by Gasteiger charge is -2.19. The van der Waals surface area contributed by atoms with Gasteiger partial charge in [0.25, 0.3) is 0 Å². The highest BCUT2D eigenvalue weighted by atomic mass is 32.2. The van der Waals surface area contributed by atoms with Crippen LogP contribution in [0.4, 0.5) is 16.2 Å². The Morgan fingerprint density at radius 1 is 0.909 bits per heavy atom. The number of rotatable bonds is 9. The smallest absolute Gasteiger partial charge is 0.312 e. The van der Waals surface area contributed by atoms with E-state index in [9.17, 15) is 18.0 Å². The fraction of sp³-hybridized carbons (Fsp3) is 0.130. The minimum absolute atomic E-state index is 0.0823. The highest BCUT2D eigenvalue weighted by molar-refractivity contribution is 7.92. The van der Waals surface area contributed by atoms with Crippen LogP contribution in [-0.2, 0) is 14.8 Å². The van der Waals surface area contributed by atoms with Crippen molar-refractivity contribution in [3.63, 3.8) is 0 Å². The van der Waals surface area contributed by atoms with Crippen molar-refractivity contribution in [3.8, 4) is 11.5 Å². The van der Waals surface area contributed by atoms with Gasteiger partial charge < -0.3 is 21.1 Å². The summed E-state index contributed by atoms with van der Waals surface area (Å²) in [7, 11) is -3.39. The van der Waals surface area contributed by atoms with Gasteiger partial charge in [-0.2, -0.15) is 0 Å². The first-order valence-electron chi connectivity index (χ1n) is 9.94.